The fourth-order valence-corrected chi connectivity index (χ4v) is 2.53. The molecule has 0 amide bonds. The molecule has 6 nitrogen and oxygen atoms in total. The topological polar surface area (TPSA) is 72.5 Å². The molecule has 1 aliphatic rings. The average Bonchev–Trinajstić information content (AvgIpc) is 3.24. The van der Waals surface area contributed by atoms with E-state index >= 15 is 0 Å². The van der Waals surface area contributed by atoms with Gasteiger partial charge < -0.3 is 9.15 Å². The van der Waals surface area contributed by atoms with Crippen molar-refractivity contribution in [2.24, 2.45) is 5.10 Å². The van der Waals surface area contributed by atoms with E-state index in [0.717, 1.165) is 22.3 Å². The first-order valence-corrected chi connectivity index (χ1v) is 7.70. The normalized spacial score (nSPS) is 16.4. The van der Waals surface area contributed by atoms with E-state index in [1.807, 2.05) is 43.3 Å². The van der Waals surface area contributed by atoms with E-state index in [0.29, 0.717) is 17.7 Å². The van der Waals surface area contributed by atoms with Gasteiger partial charge in [-0.3, -0.25) is 5.43 Å². The highest BCUT2D eigenvalue weighted by atomic mass is 16.5. The fraction of sp³-hybridized carbons (Fsp3) is 0.167. The number of hydrazone groups is 1. The van der Waals surface area contributed by atoms with Gasteiger partial charge in [0.2, 0.25) is 17.7 Å². The summed E-state index contributed by atoms with van der Waals surface area (Å²) in [7, 11) is 0. The van der Waals surface area contributed by atoms with E-state index < -0.39 is 0 Å². The van der Waals surface area contributed by atoms with Gasteiger partial charge in [0.25, 0.3) is 0 Å². The minimum Gasteiger partial charge on any atom is -0.451 e. The third-order valence-electron chi connectivity index (χ3n) is 3.76. The molecule has 0 aliphatic carbocycles. The molecule has 0 spiro atoms. The van der Waals surface area contributed by atoms with Crippen molar-refractivity contribution in [3.8, 4) is 22.6 Å². The van der Waals surface area contributed by atoms with Crippen LogP contribution in [0, 0.1) is 6.92 Å². The highest BCUT2D eigenvalue weighted by molar-refractivity contribution is 5.95. The van der Waals surface area contributed by atoms with Gasteiger partial charge >= 0.3 is 0 Å². The summed E-state index contributed by atoms with van der Waals surface area (Å²) in [6, 6.07) is 16.1. The molecular weight excluding hydrogens is 304 g/mol. The lowest BCUT2D eigenvalue weighted by atomic mass is 10.0. The molecule has 2 aromatic carbocycles. The number of nitrogens with one attached hydrogen (secondary N) is 1. The first-order chi connectivity index (χ1) is 11.7. The highest BCUT2D eigenvalue weighted by Crippen LogP contribution is 2.25. The number of aryl methyl sites for hydroxylation is 1. The minimum atomic E-state index is -0.0828. The van der Waals surface area contributed by atoms with Gasteiger partial charge in [0.05, 0.1) is 0 Å². The Morgan fingerprint density at radius 1 is 0.833 bits per heavy atom. The van der Waals surface area contributed by atoms with E-state index in [1.54, 1.807) is 6.92 Å². The monoisotopic (exact) mass is 320 g/mol. The van der Waals surface area contributed by atoms with Crippen molar-refractivity contribution < 1.29 is 9.15 Å². The van der Waals surface area contributed by atoms with Crippen LogP contribution in [0.3, 0.4) is 0 Å². The van der Waals surface area contributed by atoms with Crippen molar-refractivity contribution >= 4 is 5.90 Å². The van der Waals surface area contributed by atoms with E-state index in [9.17, 15) is 0 Å². The maximum Gasteiger partial charge on any atom is 0.247 e. The number of rotatable bonds is 3. The number of ether oxygens (including phenoxy) is 1. The maximum atomic E-state index is 5.58. The first-order valence-electron chi connectivity index (χ1n) is 7.70. The zero-order valence-electron chi connectivity index (χ0n) is 13.4. The number of benzene rings is 2. The standard InChI is InChI=1S/C18H16N4O2/c1-11-19-21-17(23-11)15-7-3-13(4-8-15)14-5-9-16(10-6-14)18-22-20-12(2)24-18/h3-11,19H,1-2H3. The maximum absolute atomic E-state index is 5.58. The molecular formula is C18H16N4O2. The summed E-state index contributed by atoms with van der Waals surface area (Å²) >= 11 is 0. The van der Waals surface area contributed by atoms with Crippen LogP contribution in [0.2, 0.25) is 0 Å². The second kappa shape index (κ2) is 5.81. The Labute approximate surface area is 139 Å². The van der Waals surface area contributed by atoms with Crippen molar-refractivity contribution in [3.05, 3.63) is 60.0 Å². The molecule has 0 fully saturated rings. The second-order valence-electron chi connectivity index (χ2n) is 5.59. The number of hydrogen-bond donors (Lipinski definition) is 1. The van der Waals surface area contributed by atoms with Crippen molar-refractivity contribution in [1.29, 1.82) is 0 Å². The average molecular weight is 320 g/mol. The lowest BCUT2D eigenvalue weighted by Crippen LogP contribution is -2.16. The Bertz CT molecular complexity index is 882. The van der Waals surface area contributed by atoms with Gasteiger partial charge in [0.1, 0.15) is 0 Å². The summed E-state index contributed by atoms with van der Waals surface area (Å²) in [5, 5.41) is 12.0. The summed E-state index contributed by atoms with van der Waals surface area (Å²) in [5.74, 6) is 1.72. The predicted molar refractivity (Wildman–Crippen MR) is 90.1 cm³/mol. The van der Waals surface area contributed by atoms with Crippen LogP contribution in [0.5, 0.6) is 0 Å². The van der Waals surface area contributed by atoms with Gasteiger partial charge in [-0.05, 0) is 42.3 Å². The third kappa shape index (κ3) is 2.74. The van der Waals surface area contributed by atoms with Crippen molar-refractivity contribution in [1.82, 2.24) is 15.6 Å². The van der Waals surface area contributed by atoms with E-state index in [4.69, 9.17) is 9.15 Å². The van der Waals surface area contributed by atoms with Crippen LogP contribution in [0.4, 0.5) is 0 Å². The predicted octanol–water partition coefficient (Wildman–Crippen LogP) is 3.34. The Morgan fingerprint density at radius 3 is 1.92 bits per heavy atom. The van der Waals surface area contributed by atoms with Crippen LogP contribution in [-0.2, 0) is 4.74 Å². The molecule has 1 unspecified atom stereocenters. The van der Waals surface area contributed by atoms with Crippen molar-refractivity contribution in [3.63, 3.8) is 0 Å². The summed E-state index contributed by atoms with van der Waals surface area (Å²) < 4.78 is 11.0. The molecule has 0 saturated carbocycles. The lowest BCUT2D eigenvalue weighted by molar-refractivity contribution is 0.209. The molecule has 2 heterocycles. The van der Waals surface area contributed by atoms with Gasteiger partial charge in [-0.25, -0.2) is 0 Å². The molecule has 0 bridgehead atoms. The van der Waals surface area contributed by atoms with Crippen LogP contribution in [0.1, 0.15) is 18.4 Å². The Balaban J connectivity index is 1.55. The quantitative estimate of drug-likeness (QED) is 0.801. The molecule has 0 radical (unpaired) electrons. The molecule has 1 aromatic heterocycles. The Morgan fingerprint density at radius 2 is 1.42 bits per heavy atom. The number of aromatic nitrogens is 2. The summed E-state index contributed by atoms with van der Waals surface area (Å²) in [5.41, 5.74) is 6.97. The molecule has 24 heavy (non-hydrogen) atoms. The SMILES string of the molecule is Cc1nnc(-c2ccc(-c3ccc(C4=NNC(C)O4)cc3)cc2)o1. The summed E-state index contributed by atoms with van der Waals surface area (Å²) in [6.45, 7) is 3.69. The minimum absolute atomic E-state index is 0.0828. The van der Waals surface area contributed by atoms with Crippen LogP contribution >= 0.6 is 0 Å². The Hall–Kier alpha value is -3.15. The second-order valence-corrected chi connectivity index (χ2v) is 5.59. The molecule has 1 aliphatic heterocycles. The molecule has 0 saturated heterocycles. The van der Waals surface area contributed by atoms with Gasteiger partial charge in [-0.15, -0.1) is 15.3 Å². The fourth-order valence-electron chi connectivity index (χ4n) is 2.53. The zero-order valence-corrected chi connectivity index (χ0v) is 13.4. The zero-order chi connectivity index (χ0) is 16.5. The largest absolute Gasteiger partial charge is 0.451 e. The molecule has 120 valence electrons. The third-order valence-corrected chi connectivity index (χ3v) is 3.76. The van der Waals surface area contributed by atoms with Gasteiger partial charge in [0, 0.05) is 18.1 Å². The van der Waals surface area contributed by atoms with Gasteiger partial charge in [0.15, 0.2) is 6.23 Å². The van der Waals surface area contributed by atoms with E-state index in [1.165, 1.54) is 0 Å². The van der Waals surface area contributed by atoms with Crippen LogP contribution in [0.25, 0.3) is 22.6 Å². The van der Waals surface area contributed by atoms with Crippen LogP contribution in [-0.4, -0.2) is 22.3 Å². The summed E-state index contributed by atoms with van der Waals surface area (Å²) in [6.07, 6.45) is -0.0828. The lowest BCUT2D eigenvalue weighted by Gasteiger charge is -2.06. The first kappa shape index (κ1) is 14.4. The van der Waals surface area contributed by atoms with Crippen molar-refractivity contribution in [2.75, 3.05) is 0 Å². The van der Waals surface area contributed by atoms with Crippen LogP contribution in [0.15, 0.2) is 58.0 Å². The van der Waals surface area contributed by atoms with E-state index in [-0.39, 0.29) is 6.23 Å². The van der Waals surface area contributed by atoms with Gasteiger partial charge in [-0.1, -0.05) is 24.3 Å². The molecule has 1 atom stereocenters. The van der Waals surface area contributed by atoms with Crippen LogP contribution < -0.4 is 5.43 Å². The molecule has 6 heteroatoms. The number of hydrogen-bond acceptors (Lipinski definition) is 6. The van der Waals surface area contributed by atoms with Crippen molar-refractivity contribution in [2.45, 2.75) is 20.1 Å². The smallest absolute Gasteiger partial charge is 0.247 e. The number of nitrogens with zero attached hydrogens (tertiary/aromatic N) is 3. The molecule has 4 rings (SSSR count). The summed E-state index contributed by atoms with van der Waals surface area (Å²) in [4.78, 5) is 0. The van der Waals surface area contributed by atoms with E-state index in [2.05, 4.69) is 32.9 Å². The molecule has 1 N–H and O–H groups in total. The van der Waals surface area contributed by atoms with Gasteiger partial charge in [-0.2, -0.15) is 0 Å². The highest BCUT2D eigenvalue weighted by Gasteiger charge is 2.16. The Kier molecular flexibility index (Phi) is 3.49. The molecule has 3 aromatic rings.